The second kappa shape index (κ2) is 9.14. The molecule has 1 N–H and O–H groups in total. The molecule has 0 aliphatic carbocycles. The molecule has 2 aromatic carbocycles. The molecule has 0 saturated carbocycles. The minimum atomic E-state index is -0.147. The van der Waals surface area contributed by atoms with Crippen molar-refractivity contribution >= 4 is 17.7 Å². The van der Waals surface area contributed by atoms with Crippen molar-refractivity contribution in [2.75, 3.05) is 26.5 Å². The van der Waals surface area contributed by atoms with Gasteiger partial charge in [-0.3, -0.25) is 9.36 Å². The Morgan fingerprint density at radius 3 is 2.78 bits per heavy atom. The molecule has 140 valence electrons. The fourth-order valence-corrected chi connectivity index (χ4v) is 3.13. The molecule has 0 aliphatic rings. The highest BCUT2D eigenvalue weighted by molar-refractivity contribution is 7.98. The minimum absolute atomic E-state index is 0.147. The molecule has 7 heteroatoms. The lowest BCUT2D eigenvalue weighted by Gasteiger charge is -2.11. The lowest BCUT2D eigenvalue weighted by molar-refractivity contribution is 0.0947. The number of methoxy groups -OCH3 is 1. The first-order chi connectivity index (χ1) is 13.2. The minimum Gasteiger partial charge on any atom is -0.493 e. The number of ether oxygens (including phenoxy) is 2. The lowest BCUT2D eigenvalue weighted by atomic mass is 10.2. The summed E-state index contributed by atoms with van der Waals surface area (Å²) in [6.45, 7) is 0.742. The zero-order valence-electron chi connectivity index (χ0n) is 15.2. The molecular formula is C20H21N3O3S. The topological polar surface area (TPSA) is 65.4 Å². The van der Waals surface area contributed by atoms with Crippen LogP contribution in [0, 0.1) is 0 Å². The number of nitrogens with zero attached hydrogens (tertiary/aromatic N) is 2. The number of carbonyl (C=O) groups excluding carboxylic acids is 1. The van der Waals surface area contributed by atoms with Crippen LogP contribution >= 0.6 is 11.8 Å². The summed E-state index contributed by atoms with van der Waals surface area (Å²) in [6.07, 6.45) is 5.59. The SMILES string of the molecule is COc1ccccc1OCCNC(=O)c1cccc(-n2ccnc2SC)c1. The van der Waals surface area contributed by atoms with Gasteiger partial charge in [0.05, 0.1) is 13.7 Å². The maximum atomic E-state index is 12.4. The first-order valence-electron chi connectivity index (χ1n) is 8.44. The van der Waals surface area contributed by atoms with Crippen LogP contribution in [0.3, 0.4) is 0 Å². The van der Waals surface area contributed by atoms with Crippen LogP contribution in [0.25, 0.3) is 5.69 Å². The van der Waals surface area contributed by atoms with Crippen molar-refractivity contribution in [1.82, 2.24) is 14.9 Å². The predicted octanol–water partition coefficient (Wildman–Crippen LogP) is 3.41. The zero-order valence-corrected chi connectivity index (χ0v) is 16.0. The number of aromatic nitrogens is 2. The first-order valence-corrected chi connectivity index (χ1v) is 9.67. The summed E-state index contributed by atoms with van der Waals surface area (Å²) in [5.74, 6) is 1.17. The van der Waals surface area contributed by atoms with Gasteiger partial charge in [0.25, 0.3) is 5.91 Å². The van der Waals surface area contributed by atoms with E-state index in [9.17, 15) is 4.79 Å². The van der Waals surface area contributed by atoms with E-state index in [2.05, 4.69) is 10.3 Å². The molecule has 6 nitrogen and oxygen atoms in total. The van der Waals surface area contributed by atoms with Gasteiger partial charge in [0, 0.05) is 23.6 Å². The van der Waals surface area contributed by atoms with Gasteiger partial charge in [-0.2, -0.15) is 0 Å². The standard InChI is InChI=1S/C20H21N3O3S/c1-25-17-8-3-4-9-18(17)26-13-11-21-19(24)15-6-5-7-16(14-15)23-12-10-22-20(23)27-2/h3-10,12,14H,11,13H2,1-2H3,(H,21,24). The molecule has 1 amide bonds. The van der Waals surface area contributed by atoms with E-state index in [1.54, 1.807) is 31.1 Å². The number of rotatable bonds is 8. The molecule has 27 heavy (non-hydrogen) atoms. The zero-order chi connectivity index (χ0) is 19.1. The molecule has 1 aromatic heterocycles. The van der Waals surface area contributed by atoms with Crippen molar-refractivity contribution in [1.29, 1.82) is 0 Å². The molecule has 0 fully saturated rings. The molecule has 3 rings (SSSR count). The summed E-state index contributed by atoms with van der Waals surface area (Å²) in [4.78, 5) is 16.7. The average molecular weight is 383 g/mol. The predicted molar refractivity (Wildman–Crippen MR) is 106 cm³/mol. The summed E-state index contributed by atoms with van der Waals surface area (Å²) >= 11 is 1.55. The Bertz CT molecular complexity index is 911. The van der Waals surface area contributed by atoms with E-state index >= 15 is 0 Å². The van der Waals surface area contributed by atoms with Gasteiger partial charge in [-0.05, 0) is 36.6 Å². The van der Waals surface area contributed by atoms with Gasteiger partial charge in [0.15, 0.2) is 16.7 Å². The fourth-order valence-electron chi connectivity index (χ4n) is 2.60. The van der Waals surface area contributed by atoms with Gasteiger partial charge in [-0.25, -0.2) is 4.98 Å². The van der Waals surface area contributed by atoms with Crippen molar-refractivity contribution in [3.05, 3.63) is 66.5 Å². The van der Waals surface area contributed by atoms with Crippen molar-refractivity contribution in [3.8, 4) is 17.2 Å². The number of amides is 1. The van der Waals surface area contributed by atoms with E-state index in [1.807, 2.05) is 59.5 Å². The number of nitrogens with one attached hydrogen (secondary N) is 1. The van der Waals surface area contributed by atoms with E-state index in [0.717, 1.165) is 10.8 Å². The van der Waals surface area contributed by atoms with E-state index in [-0.39, 0.29) is 5.91 Å². The Labute approximate surface area is 162 Å². The van der Waals surface area contributed by atoms with Crippen LogP contribution in [0.4, 0.5) is 0 Å². The third-order valence-electron chi connectivity index (χ3n) is 3.89. The Morgan fingerprint density at radius 1 is 1.19 bits per heavy atom. The molecule has 0 unspecified atom stereocenters. The van der Waals surface area contributed by atoms with Crippen LogP contribution in [0.2, 0.25) is 0 Å². The van der Waals surface area contributed by atoms with Crippen LogP contribution in [-0.2, 0) is 0 Å². The van der Waals surface area contributed by atoms with Gasteiger partial charge in [0.2, 0.25) is 0 Å². The Hall–Kier alpha value is -2.93. The molecule has 0 radical (unpaired) electrons. The lowest BCUT2D eigenvalue weighted by Crippen LogP contribution is -2.28. The molecule has 1 heterocycles. The number of carbonyl (C=O) groups is 1. The monoisotopic (exact) mass is 383 g/mol. The van der Waals surface area contributed by atoms with Crippen molar-refractivity contribution < 1.29 is 14.3 Å². The van der Waals surface area contributed by atoms with Gasteiger partial charge < -0.3 is 14.8 Å². The summed E-state index contributed by atoms with van der Waals surface area (Å²) in [5.41, 5.74) is 1.49. The largest absolute Gasteiger partial charge is 0.493 e. The summed E-state index contributed by atoms with van der Waals surface area (Å²) in [5, 5.41) is 3.75. The van der Waals surface area contributed by atoms with Crippen LogP contribution in [0.1, 0.15) is 10.4 Å². The number of benzene rings is 2. The quantitative estimate of drug-likeness (QED) is 0.477. The summed E-state index contributed by atoms with van der Waals surface area (Å²) in [6, 6.07) is 14.9. The number of hydrogen-bond acceptors (Lipinski definition) is 5. The number of para-hydroxylation sites is 2. The second-order valence-corrected chi connectivity index (χ2v) is 6.36. The van der Waals surface area contributed by atoms with E-state index in [1.165, 1.54) is 0 Å². The molecular weight excluding hydrogens is 362 g/mol. The molecule has 0 aliphatic heterocycles. The number of hydrogen-bond donors (Lipinski definition) is 1. The van der Waals surface area contributed by atoms with Crippen molar-refractivity contribution in [3.63, 3.8) is 0 Å². The number of imidazole rings is 1. The maximum absolute atomic E-state index is 12.4. The van der Waals surface area contributed by atoms with Gasteiger partial charge in [0.1, 0.15) is 6.61 Å². The van der Waals surface area contributed by atoms with E-state index in [0.29, 0.717) is 30.2 Å². The highest BCUT2D eigenvalue weighted by Gasteiger charge is 2.09. The summed E-state index contributed by atoms with van der Waals surface area (Å²) in [7, 11) is 1.60. The molecule has 0 bridgehead atoms. The van der Waals surface area contributed by atoms with Gasteiger partial charge in [-0.1, -0.05) is 30.0 Å². The molecule has 3 aromatic rings. The average Bonchev–Trinajstić information content (AvgIpc) is 3.20. The van der Waals surface area contributed by atoms with Crippen molar-refractivity contribution in [2.45, 2.75) is 5.16 Å². The van der Waals surface area contributed by atoms with Crippen molar-refractivity contribution in [2.24, 2.45) is 0 Å². The van der Waals surface area contributed by atoms with Gasteiger partial charge >= 0.3 is 0 Å². The maximum Gasteiger partial charge on any atom is 0.251 e. The smallest absolute Gasteiger partial charge is 0.251 e. The third-order valence-corrected chi connectivity index (χ3v) is 4.56. The number of thioether (sulfide) groups is 1. The van der Waals surface area contributed by atoms with Crippen LogP contribution in [0.5, 0.6) is 11.5 Å². The Balaban J connectivity index is 1.58. The van der Waals surface area contributed by atoms with Gasteiger partial charge in [-0.15, -0.1) is 0 Å². The second-order valence-electron chi connectivity index (χ2n) is 5.59. The molecule has 0 atom stereocenters. The Kier molecular flexibility index (Phi) is 6.38. The van der Waals surface area contributed by atoms with Crippen LogP contribution in [0.15, 0.2) is 66.1 Å². The molecule has 0 saturated heterocycles. The first kappa shape index (κ1) is 18.8. The van der Waals surface area contributed by atoms with Crippen LogP contribution < -0.4 is 14.8 Å². The van der Waals surface area contributed by atoms with E-state index in [4.69, 9.17) is 9.47 Å². The highest BCUT2D eigenvalue weighted by Crippen LogP contribution is 2.25. The molecule has 0 spiro atoms. The van der Waals surface area contributed by atoms with E-state index < -0.39 is 0 Å². The Morgan fingerprint density at radius 2 is 2.00 bits per heavy atom. The normalized spacial score (nSPS) is 10.4. The summed E-state index contributed by atoms with van der Waals surface area (Å²) < 4.78 is 12.9. The highest BCUT2D eigenvalue weighted by atomic mass is 32.2. The third kappa shape index (κ3) is 4.62. The van der Waals surface area contributed by atoms with Crippen LogP contribution in [-0.4, -0.2) is 42.0 Å². The fraction of sp³-hybridized carbons (Fsp3) is 0.200.